The predicted molar refractivity (Wildman–Crippen MR) is 67.7 cm³/mol. The van der Waals surface area contributed by atoms with Crippen LogP contribution in [0.3, 0.4) is 0 Å². The molecule has 0 bridgehead atoms. The number of hydrogen-bond acceptors (Lipinski definition) is 3. The Labute approximate surface area is 103 Å². The van der Waals surface area contributed by atoms with Gasteiger partial charge in [0.2, 0.25) is 0 Å². The first-order valence-corrected chi connectivity index (χ1v) is 6.22. The lowest BCUT2D eigenvalue weighted by molar-refractivity contribution is -0.115. The predicted octanol–water partition coefficient (Wildman–Crippen LogP) is 2.25. The summed E-state index contributed by atoms with van der Waals surface area (Å²) < 4.78 is 5.26. The van der Waals surface area contributed by atoms with Gasteiger partial charge in [-0.3, -0.25) is 4.79 Å². The van der Waals surface area contributed by atoms with E-state index in [1.165, 1.54) is 0 Å². The summed E-state index contributed by atoms with van der Waals surface area (Å²) in [5.41, 5.74) is 0. The summed E-state index contributed by atoms with van der Waals surface area (Å²) in [6.45, 7) is 1.95. The number of hydrogen-bond donors (Lipinski definition) is 1. The Hall–Kier alpha value is -0.930. The highest BCUT2D eigenvalue weighted by molar-refractivity contribution is 5.89. The van der Waals surface area contributed by atoms with Crippen LogP contribution in [0.15, 0.2) is 24.3 Å². The third-order valence-electron chi connectivity index (χ3n) is 3.17. The highest BCUT2D eigenvalue weighted by Crippen LogP contribution is 2.17. The van der Waals surface area contributed by atoms with E-state index in [1.54, 1.807) is 13.2 Å². The Balaban J connectivity index is 2.71. The molecule has 17 heavy (non-hydrogen) atoms. The van der Waals surface area contributed by atoms with Crippen LogP contribution >= 0.6 is 0 Å². The molecule has 1 aliphatic carbocycles. The highest BCUT2D eigenvalue weighted by Gasteiger charge is 2.22. The highest BCUT2D eigenvalue weighted by atomic mass is 16.5. The van der Waals surface area contributed by atoms with Gasteiger partial charge in [-0.15, -0.1) is 0 Å². The van der Waals surface area contributed by atoms with E-state index in [4.69, 9.17) is 4.74 Å². The van der Waals surface area contributed by atoms with E-state index in [9.17, 15) is 9.90 Å². The van der Waals surface area contributed by atoms with Crippen LogP contribution < -0.4 is 0 Å². The molecule has 0 saturated heterocycles. The van der Waals surface area contributed by atoms with Crippen LogP contribution in [0.4, 0.5) is 0 Å². The van der Waals surface area contributed by atoms with E-state index in [1.807, 2.05) is 25.2 Å². The zero-order chi connectivity index (χ0) is 12.7. The Morgan fingerprint density at radius 3 is 2.76 bits per heavy atom. The maximum absolute atomic E-state index is 11.5. The molecule has 1 rings (SSSR count). The zero-order valence-electron chi connectivity index (χ0n) is 10.6. The lowest BCUT2D eigenvalue weighted by atomic mass is 9.93. The fourth-order valence-electron chi connectivity index (χ4n) is 1.92. The zero-order valence-corrected chi connectivity index (χ0v) is 10.6. The molecule has 0 unspecified atom stereocenters. The van der Waals surface area contributed by atoms with E-state index in [-0.39, 0.29) is 17.8 Å². The molecule has 3 atom stereocenters. The summed E-state index contributed by atoms with van der Waals surface area (Å²) in [5.74, 6) is 0.198. The van der Waals surface area contributed by atoms with Gasteiger partial charge < -0.3 is 9.84 Å². The van der Waals surface area contributed by atoms with E-state index in [0.717, 1.165) is 12.8 Å². The first kappa shape index (κ1) is 14.1. The van der Waals surface area contributed by atoms with E-state index in [0.29, 0.717) is 12.8 Å². The van der Waals surface area contributed by atoms with Crippen LogP contribution in [0.1, 0.15) is 32.6 Å². The smallest absolute Gasteiger partial charge is 0.155 e. The van der Waals surface area contributed by atoms with E-state index < -0.39 is 6.10 Å². The fourth-order valence-corrected chi connectivity index (χ4v) is 1.92. The van der Waals surface area contributed by atoms with Crippen LogP contribution in [0.25, 0.3) is 0 Å². The van der Waals surface area contributed by atoms with Crippen LogP contribution in [-0.2, 0) is 9.53 Å². The van der Waals surface area contributed by atoms with Crippen molar-refractivity contribution in [3.63, 3.8) is 0 Å². The monoisotopic (exact) mass is 238 g/mol. The topological polar surface area (TPSA) is 46.5 Å². The molecule has 0 aromatic rings. The summed E-state index contributed by atoms with van der Waals surface area (Å²) >= 11 is 0. The lowest BCUT2D eigenvalue weighted by Crippen LogP contribution is -2.32. The van der Waals surface area contributed by atoms with Crippen molar-refractivity contribution in [2.45, 2.75) is 44.8 Å². The van der Waals surface area contributed by atoms with Crippen molar-refractivity contribution in [1.82, 2.24) is 0 Å². The third-order valence-corrected chi connectivity index (χ3v) is 3.17. The molecule has 1 aliphatic rings. The van der Waals surface area contributed by atoms with Gasteiger partial charge in [-0.05, 0) is 31.3 Å². The largest absolute Gasteiger partial charge is 0.390 e. The van der Waals surface area contributed by atoms with Crippen LogP contribution in [0, 0.1) is 5.92 Å². The summed E-state index contributed by atoms with van der Waals surface area (Å²) in [4.78, 5) is 11.5. The molecule has 0 aromatic carbocycles. The minimum absolute atomic E-state index is 0.0568. The molecule has 3 nitrogen and oxygen atoms in total. The average Bonchev–Trinajstić information content (AvgIpc) is 2.33. The maximum atomic E-state index is 11.5. The quantitative estimate of drug-likeness (QED) is 0.713. The fraction of sp³-hybridized carbons (Fsp3) is 0.643. The molecule has 1 N–H and O–H groups in total. The number of allylic oxidation sites excluding steroid dienone is 3. The van der Waals surface area contributed by atoms with Crippen LogP contribution in [0.5, 0.6) is 0 Å². The number of ether oxygens (including phenoxy) is 1. The lowest BCUT2D eigenvalue weighted by Gasteiger charge is -2.24. The van der Waals surface area contributed by atoms with Crippen molar-refractivity contribution in [2.75, 3.05) is 7.11 Å². The number of ketones is 1. The molecule has 0 aromatic heterocycles. The number of carbonyl (C=O) groups excluding carboxylic acids is 1. The molecule has 0 radical (unpaired) electrons. The molecule has 3 heteroatoms. The maximum Gasteiger partial charge on any atom is 0.155 e. The molecular formula is C14H22O3. The SMILES string of the molecule is CO[C@H]1C=CCCC=CC(=O)CC[C@@H](C)[C@@H]1O. The van der Waals surface area contributed by atoms with Crippen molar-refractivity contribution in [2.24, 2.45) is 5.92 Å². The van der Waals surface area contributed by atoms with E-state index >= 15 is 0 Å². The Morgan fingerprint density at radius 1 is 1.35 bits per heavy atom. The number of aliphatic hydroxyl groups is 1. The average molecular weight is 238 g/mol. The molecule has 0 aliphatic heterocycles. The molecular weight excluding hydrogens is 216 g/mol. The summed E-state index contributed by atoms with van der Waals surface area (Å²) in [6, 6.07) is 0. The first-order valence-electron chi connectivity index (χ1n) is 6.22. The van der Waals surface area contributed by atoms with Gasteiger partial charge in [0.05, 0.1) is 6.10 Å². The van der Waals surface area contributed by atoms with Gasteiger partial charge in [0, 0.05) is 13.5 Å². The molecule has 0 spiro atoms. The standard InChI is InChI=1S/C14H22O3/c1-11-9-10-12(15)7-5-3-4-6-8-13(17-2)14(11)16/h5-8,11,13-14,16H,3-4,9-10H2,1-2H3/t11-,13+,14+/m1/s1. The second-order valence-corrected chi connectivity index (χ2v) is 4.58. The summed E-state index contributed by atoms with van der Waals surface area (Å²) in [5, 5.41) is 10.1. The molecule has 0 heterocycles. The van der Waals surface area contributed by atoms with Gasteiger partial charge in [-0.1, -0.05) is 25.2 Å². The van der Waals surface area contributed by atoms with Gasteiger partial charge in [0.15, 0.2) is 5.78 Å². The minimum atomic E-state index is -0.549. The number of rotatable bonds is 1. The summed E-state index contributed by atoms with van der Waals surface area (Å²) in [7, 11) is 1.60. The first-order chi connectivity index (χ1) is 8.15. The second kappa shape index (κ2) is 7.41. The van der Waals surface area contributed by atoms with Crippen LogP contribution in [-0.4, -0.2) is 30.2 Å². The van der Waals surface area contributed by atoms with Crippen molar-refractivity contribution in [3.05, 3.63) is 24.3 Å². The van der Waals surface area contributed by atoms with Gasteiger partial charge >= 0.3 is 0 Å². The van der Waals surface area contributed by atoms with Gasteiger partial charge in [-0.2, -0.15) is 0 Å². The minimum Gasteiger partial charge on any atom is -0.390 e. The van der Waals surface area contributed by atoms with Gasteiger partial charge in [0.25, 0.3) is 0 Å². The van der Waals surface area contributed by atoms with Crippen molar-refractivity contribution in [1.29, 1.82) is 0 Å². The number of methoxy groups -OCH3 is 1. The van der Waals surface area contributed by atoms with Crippen molar-refractivity contribution < 1.29 is 14.6 Å². The third kappa shape index (κ3) is 4.84. The number of aliphatic hydroxyl groups excluding tert-OH is 1. The van der Waals surface area contributed by atoms with Gasteiger partial charge in [0.1, 0.15) is 6.10 Å². The van der Waals surface area contributed by atoms with Crippen LogP contribution in [0.2, 0.25) is 0 Å². The molecule has 96 valence electrons. The van der Waals surface area contributed by atoms with Crippen molar-refractivity contribution >= 4 is 5.78 Å². The summed E-state index contributed by atoms with van der Waals surface area (Å²) in [6.07, 6.45) is 9.57. The number of carbonyl (C=O) groups is 1. The molecule has 0 fully saturated rings. The second-order valence-electron chi connectivity index (χ2n) is 4.58. The Morgan fingerprint density at radius 2 is 2.06 bits per heavy atom. The van der Waals surface area contributed by atoms with E-state index in [2.05, 4.69) is 0 Å². The Kier molecular flexibility index (Phi) is 6.16. The molecule has 0 saturated carbocycles. The Bertz CT molecular complexity index is 294. The normalized spacial score (nSPS) is 31.9. The van der Waals surface area contributed by atoms with Crippen molar-refractivity contribution in [3.8, 4) is 0 Å². The van der Waals surface area contributed by atoms with Gasteiger partial charge in [-0.25, -0.2) is 0 Å². The molecule has 0 amide bonds.